The van der Waals surface area contributed by atoms with Crippen molar-refractivity contribution in [1.29, 1.82) is 0 Å². The van der Waals surface area contributed by atoms with Gasteiger partial charge in [-0.1, -0.05) is 67.9 Å². The molecule has 1 atom stereocenters. The predicted molar refractivity (Wildman–Crippen MR) is 161 cm³/mol. The smallest absolute Gasteiger partial charge is 0.243 e. The number of nitrogens with one attached hydrogen (secondary N) is 1. The lowest BCUT2D eigenvalue weighted by Crippen LogP contribution is -2.50. The van der Waals surface area contributed by atoms with Gasteiger partial charge in [0.05, 0.1) is 11.9 Å². The van der Waals surface area contributed by atoms with Gasteiger partial charge in [-0.25, -0.2) is 12.8 Å². The Morgan fingerprint density at radius 3 is 2.27 bits per heavy atom. The first-order chi connectivity index (χ1) is 19.6. The summed E-state index contributed by atoms with van der Waals surface area (Å²) in [5.74, 6) is -0.921. The van der Waals surface area contributed by atoms with Gasteiger partial charge in [-0.15, -0.1) is 0 Å². The number of carbonyl (C=O) groups excluding carboxylic acids is 2. The summed E-state index contributed by atoms with van der Waals surface area (Å²) < 4.78 is 40.1. The lowest BCUT2D eigenvalue weighted by molar-refractivity contribution is -0.141. The van der Waals surface area contributed by atoms with Crippen LogP contribution in [0.3, 0.4) is 0 Å². The third-order valence-corrected chi connectivity index (χ3v) is 8.00. The van der Waals surface area contributed by atoms with Crippen LogP contribution >= 0.6 is 0 Å². The summed E-state index contributed by atoms with van der Waals surface area (Å²) in [6, 6.07) is 21.8. The SMILES string of the molecule is CCCCNC(=O)[C@@H](Cc1ccccc1)N(Cc1ccc(F)cc1)C(=O)CCCN(c1cccc(C)c1)S(C)(=O)=O. The molecule has 0 bridgehead atoms. The topological polar surface area (TPSA) is 86.8 Å². The fourth-order valence-corrected chi connectivity index (χ4v) is 5.59. The van der Waals surface area contributed by atoms with Gasteiger partial charge in [0.15, 0.2) is 0 Å². The van der Waals surface area contributed by atoms with Gasteiger partial charge in [-0.05, 0) is 60.7 Å². The summed E-state index contributed by atoms with van der Waals surface area (Å²) in [5, 5.41) is 2.97. The molecular weight excluding hydrogens is 541 g/mol. The second-order valence-electron chi connectivity index (χ2n) is 10.3. The molecule has 0 saturated carbocycles. The van der Waals surface area contributed by atoms with Crippen molar-refractivity contribution < 1.29 is 22.4 Å². The highest BCUT2D eigenvalue weighted by Gasteiger charge is 2.30. The number of unbranched alkanes of at least 4 members (excludes halogenated alkanes) is 1. The molecule has 3 aromatic carbocycles. The minimum absolute atomic E-state index is 0.0343. The number of rotatable bonds is 15. The molecule has 9 heteroatoms. The zero-order valence-electron chi connectivity index (χ0n) is 24.1. The van der Waals surface area contributed by atoms with Crippen molar-refractivity contribution in [2.45, 2.75) is 58.5 Å². The minimum atomic E-state index is -3.58. The third kappa shape index (κ3) is 10.0. The number of hydrogen-bond donors (Lipinski definition) is 1. The van der Waals surface area contributed by atoms with E-state index in [0.29, 0.717) is 24.2 Å². The molecular formula is C32H40FN3O4S. The molecule has 0 aromatic heterocycles. The quantitative estimate of drug-likeness (QED) is 0.249. The Labute approximate surface area is 243 Å². The molecule has 0 radical (unpaired) electrons. The molecule has 7 nitrogen and oxygen atoms in total. The highest BCUT2D eigenvalue weighted by molar-refractivity contribution is 7.92. The second kappa shape index (κ2) is 15.3. The molecule has 0 aliphatic carbocycles. The zero-order valence-corrected chi connectivity index (χ0v) is 24.9. The number of anilines is 1. The van der Waals surface area contributed by atoms with E-state index in [4.69, 9.17) is 0 Å². The van der Waals surface area contributed by atoms with E-state index in [0.717, 1.165) is 30.2 Å². The van der Waals surface area contributed by atoms with Gasteiger partial charge in [0.2, 0.25) is 21.8 Å². The highest BCUT2D eigenvalue weighted by atomic mass is 32.2. The van der Waals surface area contributed by atoms with Crippen LogP contribution in [0.2, 0.25) is 0 Å². The Hall–Kier alpha value is -3.72. The number of aryl methyl sites for hydroxylation is 1. The average molecular weight is 582 g/mol. The van der Waals surface area contributed by atoms with Gasteiger partial charge in [-0.2, -0.15) is 0 Å². The van der Waals surface area contributed by atoms with Gasteiger partial charge >= 0.3 is 0 Å². The Balaban J connectivity index is 1.86. The summed E-state index contributed by atoms with van der Waals surface area (Å²) >= 11 is 0. The number of hydrogen-bond acceptors (Lipinski definition) is 4. The van der Waals surface area contributed by atoms with E-state index in [2.05, 4.69) is 5.32 Å². The summed E-state index contributed by atoms with van der Waals surface area (Å²) in [6.45, 7) is 4.66. The van der Waals surface area contributed by atoms with Gasteiger partial charge < -0.3 is 10.2 Å². The van der Waals surface area contributed by atoms with Gasteiger partial charge in [0.25, 0.3) is 0 Å². The van der Waals surface area contributed by atoms with Crippen molar-refractivity contribution >= 4 is 27.5 Å². The number of sulfonamides is 1. The number of amides is 2. The monoisotopic (exact) mass is 581 g/mol. The largest absolute Gasteiger partial charge is 0.354 e. The maximum absolute atomic E-state index is 13.8. The number of carbonyl (C=O) groups is 2. The van der Waals surface area contributed by atoms with E-state index in [9.17, 15) is 22.4 Å². The molecule has 0 spiro atoms. The second-order valence-corrected chi connectivity index (χ2v) is 12.2. The molecule has 0 aliphatic heterocycles. The number of nitrogens with zero attached hydrogens (tertiary/aromatic N) is 2. The zero-order chi connectivity index (χ0) is 29.8. The molecule has 2 amide bonds. The third-order valence-electron chi connectivity index (χ3n) is 6.81. The van der Waals surface area contributed by atoms with Crippen molar-refractivity contribution in [3.8, 4) is 0 Å². The molecule has 1 N–H and O–H groups in total. The Kier molecular flexibility index (Phi) is 11.9. The van der Waals surface area contributed by atoms with E-state index in [1.807, 2.05) is 50.2 Å². The Morgan fingerprint density at radius 2 is 1.63 bits per heavy atom. The molecule has 3 rings (SSSR count). The summed E-state index contributed by atoms with van der Waals surface area (Å²) in [5.41, 5.74) is 3.07. The van der Waals surface area contributed by atoms with Gasteiger partial charge in [-0.3, -0.25) is 13.9 Å². The Bertz CT molecular complexity index is 1380. The van der Waals surface area contributed by atoms with Gasteiger partial charge in [0.1, 0.15) is 11.9 Å². The molecule has 0 aliphatic rings. The van der Waals surface area contributed by atoms with Crippen LogP contribution in [-0.4, -0.2) is 50.5 Å². The van der Waals surface area contributed by atoms with Crippen LogP contribution in [0, 0.1) is 12.7 Å². The first kappa shape index (κ1) is 31.8. The van der Waals surface area contributed by atoms with Crippen LogP contribution in [0.5, 0.6) is 0 Å². The summed E-state index contributed by atoms with van der Waals surface area (Å²) in [7, 11) is -3.58. The average Bonchev–Trinajstić information content (AvgIpc) is 2.94. The van der Waals surface area contributed by atoms with Crippen LogP contribution in [0.25, 0.3) is 0 Å². The lowest BCUT2D eigenvalue weighted by atomic mass is 10.0. The maximum Gasteiger partial charge on any atom is 0.243 e. The van der Waals surface area contributed by atoms with Crippen LogP contribution in [0.1, 0.15) is 49.3 Å². The molecule has 0 unspecified atom stereocenters. The molecule has 220 valence electrons. The summed E-state index contributed by atoms with van der Waals surface area (Å²) in [6.07, 6.45) is 3.48. The van der Waals surface area contributed by atoms with E-state index >= 15 is 0 Å². The normalized spacial score (nSPS) is 12.0. The van der Waals surface area contributed by atoms with E-state index in [-0.39, 0.29) is 43.6 Å². The molecule has 41 heavy (non-hydrogen) atoms. The maximum atomic E-state index is 13.8. The van der Waals surface area contributed by atoms with Crippen LogP contribution in [-0.2, 0) is 32.6 Å². The van der Waals surface area contributed by atoms with E-state index in [1.54, 1.807) is 35.2 Å². The molecule has 0 heterocycles. The number of halogens is 1. The van der Waals surface area contributed by atoms with E-state index < -0.39 is 16.1 Å². The van der Waals surface area contributed by atoms with Crippen molar-refractivity contribution in [3.05, 3.63) is 101 Å². The lowest BCUT2D eigenvalue weighted by Gasteiger charge is -2.32. The molecule has 0 saturated heterocycles. The van der Waals surface area contributed by atoms with Crippen LogP contribution in [0.4, 0.5) is 10.1 Å². The van der Waals surface area contributed by atoms with Crippen molar-refractivity contribution in [1.82, 2.24) is 10.2 Å². The van der Waals surface area contributed by atoms with Crippen molar-refractivity contribution in [3.63, 3.8) is 0 Å². The van der Waals surface area contributed by atoms with Crippen molar-refractivity contribution in [2.75, 3.05) is 23.7 Å². The highest BCUT2D eigenvalue weighted by Crippen LogP contribution is 2.21. The first-order valence-corrected chi connectivity index (χ1v) is 15.8. The van der Waals surface area contributed by atoms with Crippen molar-refractivity contribution in [2.24, 2.45) is 0 Å². The molecule has 0 fully saturated rings. The first-order valence-electron chi connectivity index (χ1n) is 14.0. The molecule has 3 aromatic rings. The minimum Gasteiger partial charge on any atom is -0.354 e. The van der Waals surface area contributed by atoms with Crippen LogP contribution in [0.15, 0.2) is 78.9 Å². The predicted octanol–water partition coefficient (Wildman–Crippen LogP) is 5.24. The number of benzene rings is 3. The summed E-state index contributed by atoms with van der Waals surface area (Å²) in [4.78, 5) is 28.8. The fourth-order valence-electron chi connectivity index (χ4n) is 4.63. The van der Waals surface area contributed by atoms with Crippen LogP contribution < -0.4 is 9.62 Å². The standard InChI is InChI=1S/C32H40FN3O4S/c1-4-5-20-34-32(38)30(23-26-12-7-6-8-13-26)35(24-27-16-18-28(33)19-17-27)31(37)15-10-21-36(41(3,39)40)29-14-9-11-25(2)22-29/h6-9,11-14,16-19,22,30H,4-5,10,15,20-21,23-24H2,1-3H3,(H,34,38)/t30-/m1/s1. The Morgan fingerprint density at radius 1 is 0.927 bits per heavy atom. The van der Waals surface area contributed by atoms with E-state index in [1.165, 1.54) is 16.4 Å². The van der Waals surface area contributed by atoms with Gasteiger partial charge in [0, 0.05) is 32.5 Å². The fraction of sp³-hybridized carbons (Fsp3) is 0.375.